The Labute approximate surface area is 76.2 Å². The van der Waals surface area contributed by atoms with E-state index in [2.05, 4.69) is 5.32 Å². The maximum atomic E-state index is 9.17. The zero-order valence-corrected chi connectivity index (χ0v) is 7.73. The van der Waals surface area contributed by atoms with Gasteiger partial charge in [0, 0.05) is 6.04 Å². The van der Waals surface area contributed by atoms with Gasteiger partial charge in [0.05, 0.1) is 0 Å². The van der Waals surface area contributed by atoms with Crippen LogP contribution in [0.15, 0.2) is 11.4 Å². The second-order valence-electron chi connectivity index (χ2n) is 3.22. The molecule has 66 valence electrons. The molecule has 2 rings (SSSR count). The summed E-state index contributed by atoms with van der Waals surface area (Å²) in [7, 11) is 0. The Morgan fingerprint density at radius 2 is 2.42 bits per heavy atom. The van der Waals surface area contributed by atoms with Gasteiger partial charge >= 0.3 is 0 Å². The highest BCUT2D eigenvalue weighted by Gasteiger charge is 2.15. The minimum Gasteiger partial charge on any atom is -0.499 e. The molecule has 1 aliphatic heterocycles. The number of aromatic hydroxyl groups is 1. The van der Waals surface area contributed by atoms with Crippen molar-refractivity contribution in [3.8, 4) is 5.06 Å². The lowest BCUT2D eigenvalue weighted by atomic mass is 10.0. The van der Waals surface area contributed by atoms with E-state index in [1.807, 2.05) is 11.4 Å². The smallest absolute Gasteiger partial charge is 0.171 e. The summed E-state index contributed by atoms with van der Waals surface area (Å²) in [5.41, 5.74) is 1.25. The second kappa shape index (κ2) is 3.46. The van der Waals surface area contributed by atoms with E-state index in [-0.39, 0.29) is 0 Å². The van der Waals surface area contributed by atoms with Gasteiger partial charge in [-0.2, -0.15) is 0 Å². The van der Waals surface area contributed by atoms with Crippen LogP contribution in [0.3, 0.4) is 0 Å². The Balaban J connectivity index is 2.08. The number of hydrogen-bond acceptors (Lipinski definition) is 3. The van der Waals surface area contributed by atoms with E-state index in [9.17, 15) is 5.11 Å². The number of nitrogens with one attached hydrogen (secondary N) is 1. The summed E-state index contributed by atoms with van der Waals surface area (Å²) in [6.45, 7) is 1.11. The van der Waals surface area contributed by atoms with E-state index in [4.69, 9.17) is 0 Å². The molecule has 2 nitrogen and oxygen atoms in total. The first-order valence-electron chi connectivity index (χ1n) is 4.37. The zero-order chi connectivity index (χ0) is 8.39. The molecule has 0 saturated carbocycles. The van der Waals surface area contributed by atoms with E-state index in [1.165, 1.54) is 36.2 Å². The van der Waals surface area contributed by atoms with Crippen molar-refractivity contribution in [1.29, 1.82) is 0 Å². The summed E-state index contributed by atoms with van der Waals surface area (Å²) >= 11 is 1.41. The second-order valence-corrected chi connectivity index (χ2v) is 4.11. The summed E-state index contributed by atoms with van der Waals surface area (Å²) in [6, 6.07) is 2.35. The quantitative estimate of drug-likeness (QED) is 0.700. The van der Waals surface area contributed by atoms with Gasteiger partial charge in [-0.15, -0.1) is 11.3 Å². The van der Waals surface area contributed by atoms with Crippen molar-refractivity contribution < 1.29 is 5.11 Å². The number of rotatable bonds is 1. The van der Waals surface area contributed by atoms with Crippen LogP contribution in [0.2, 0.25) is 0 Å². The summed E-state index contributed by atoms with van der Waals surface area (Å²) in [5.74, 6) is 0. The maximum absolute atomic E-state index is 9.17. The largest absolute Gasteiger partial charge is 0.499 e. The average molecular weight is 183 g/mol. The van der Waals surface area contributed by atoms with E-state index >= 15 is 0 Å². The fraction of sp³-hybridized carbons (Fsp3) is 0.556. The Kier molecular flexibility index (Phi) is 2.33. The highest BCUT2D eigenvalue weighted by molar-refractivity contribution is 7.11. The lowest BCUT2D eigenvalue weighted by Gasteiger charge is -2.22. The Morgan fingerprint density at radius 3 is 3.00 bits per heavy atom. The first kappa shape index (κ1) is 8.08. The topological polar surface area (TPSA) is 32.3 Å². The zero-order valence-electron chi connectivity index (χ0n) is 6.92. The summed E-state index contributed by atoms with van der Waals surface area (Å²) < 4.78 is 0. The molecule has 0 aliphatic carbocycles. The van der Waals surface area contributed by atoms with E-state index in [0.29, 0.717) is 11.1 Å². The van der Waals surface area contributed by atoms with Crippen LogP contribution in [0.25, 0.3) is 0 Å². The normalized spacial score (nSPS) is 24.2. The molecule has 1 fully saturated rings. The van der Waals surface area contributed by atoms with Gasteiger partial charge < -0.3 is 10.4 Å². The van der Waals surface area contributed by atoms with Gasteiger partial charge in [0.15, 0.2) is 5.06 Å². The highest BCUT2D eigenvalue weighted by atomic mass is 32.1. The molecule has 0 aromatic carbocycles. The third-order valence-electron chi connectivity index (χ3n) is 2.32. The summed E-state index contributed by atoms with van der Waals surface area (Å²) in [5, 5.41) is 15.1. The molecule has 0 bridgehead atoms. The van der Waals surface area contributed by atoms with E-state index < -0.39 is 0 Å². The molecular formula is C9H13NOS. The predicted octanol–water partition coefficient (Wildman–Crippen LogP) is 2.27. The van der Waals surface area contributed by atoms with Gasteiger partial charge in [0.1, 0.15) is 0 Å². The van der Waals surface area contributed by atoms with Gasteiger partial charge in [0.25, 0.3) is 0 Å². The molecule has 3 heteroatoms. The van der Waals surface area contributed by atoms with Crippen molar-refractivity contribution in [2.75, 3.05) is 6.54 Å². The lowest BCUT2D eigenvalue weighted by molar-refractivity contribution is 0.411. The maximum Gasteiger partial charge on any atom is 0.171 e. The van der Waals surface area contributed by atoms with E-state index in [1.54, 1.807) is 0 Å². The molecule has 1 saturated heterocycles. The molecule has 12 heavy (non-hydrogen) atoms. The molecule has 1 aliphatic rings. The summed E-state index contributed by atoms with van der Waals surface area (Å²) in [4.78, 5) is 0. The Morgan fingerprint density at radius 1 is 1.50 bits per heavy atom. The highest BCUT2D eigenvalue weighted by Crippen LogP contribution is 2.29. The van der Waals surface area contributed by atoms with Crippen LogP contribution in [0, 0.1) is 0 Å². The van der Waals surface area contributed by atoms with Crippen LogP contribution >= 0.6 is 11.3 Å². The molecule has 1 aromatic heterocycles. The van der Waals surface area contributed by atoms with Gasteiger partial charge in [-0.25, -0.2) is 0 Å². The minimum atomic E-state index is 0.428. The molecular weight excluding hydrogens is 170 g/mol. The standard InChI is InChI=1S/C9H13NOS/c11-9-5-7(6-12-9)8-3-1-2-4-10-8/h5-6,8,10-11H,1-4H2/t8-/m1/s1. The average Bonchev–Trinajstić information content (AvgIpc) is 2.54. The van der Waals surface area contributed by atoms with Crippen molar-refractivity contribution in [2.24, 2.45) is 0 Å². The third kappa shape index (κ3) is 1.62. The molecule has 2 N–H and O–H groups in total. The molecule has 2 heterocycles. The van der Waals surface area contributed by atoms with Crippen LogP contribution < -0.4 is 5.32 Å². The molecule has 1 atom stereocenters. The first-order valence-corrected chi connectivity index (χ1v) is 5.25. The molecule has 0 radical (unpaired) electrons. The third-order valence-corrected chi connectivity index (χ3v) is 3.07. The van der Waals surface area contributed by atoms with Crippen molar-refractivity contribution in [1.82, 2.24) is 5.32 Å². The lowest BCUT2D eigenvalue weighted by Crippen LogP contribution is -2.26. The van der Waals surface area contributed by atoms with Crippen LogP contribution in [0.1, 0.15) is 30.9 Å². The monoisotopic (exact) mass is 183 g/mol. The van der Waals surface area contributed by atoms with Crippen LogP contribution in [-0.2, 0) is 0 Å². The number of hydrogen-bond donors (Lipinski definition) is 2. The SMILES string of the molecule is Oc1cc([C@H]2CCCCN2)cs1. The van der Waals surface area contributed by atoms with Crippen molar-refractivity contribution in [3.63, 3.8) is 0 Å². The summed E-state index contributed by atoms with van der Waals surface area (Å²) in [6.07, 6.45) is 3.79. The van der Waals surface area contributed by atoms with Crippen molar-refractivity contribution >= 4 is 11.3 Å². The van der Waals surface area contributed by atoms with Crippen LogP contribution in [0.5, 0.6) is 5.06 Å². The van der Waals surface area contributed by atoms with E-state index in [0.717, 1.165) is 6.54 Å². The van der Waals surface area contributed by atoms with Crippen LogP contribution in [0.4, 0.5) is 0 Å². The fourth-order valence-corrected chi connectivity index (χ4v) is 2.35. The fourth-order valence-electron chi connectivity index (χ4n) is 1.66. The molecule has 0 amide bonds. The van der Waals surface area contributed by atoms with Crippen molar-refractivity contribution in [2.45, 2.75) is 25.3 Å². The number of piperidine rings is 1. The van der Waals surface area contributed by atoms with Gasteiger partial charge in [0.2, 0.25) is 0 Å². The molecule has 1 aromatic rings. The van der Waals surface area contributed by atoms with Gasteiger partial charge in [-0.3, -0.25) is 0 Å². The Bertz CT molecular complexity index is 253. The number of thiophene rings is 1. The van der Waals surface area contributed by atoms with Gasteiger partial charge in [-0.1, -0.05) is 6.42 Å². The predicted molar refractivity (Wildman–Crippen MR) is 50.6 cm³/mol. The minimum absolute atomic E-state index is 0.428. The molecule has 0 unspecified atom stereocenters. The van der Waals surface area contributed by atoms with Crippen molar-refractivity contribution in [3.05, 3.63) is 17.0 Å². The Hall–Kier alpha value is -0.540. The first-order chi connectivity index (χ1) is 5.86. The van der Waals surface area contributed by atoms with Crippen LogP contribution in [-0.4, -0.2) is 11.7 Å². The van der Waals surface area contributed by atoms with Gasteiger partial charge in [-0.05, 0) is 36.4 Å². The molecule has 0 spiro atoms.